The first-order chi connectivity index (χ1) is 15.6. The molecule has 0 aliphatic carbocycles. The Morgan fingerprint density at radius 1 is 0.844 bits per heavy atom. The van der Waals surface area contributed by atoms with Crippen LogP contribution < -0.4 is 15.5 Å². The molecule has 5 rings (SSSR count). The molecule has 5 nitrogen and oxygen atoms in total. The van der Waals surface area contributed by atoms with Gasteiger partial charge in [-0.2, -0.15) is 0 Å². The lowest BCUT2D eigenvalue weighted by Gasteiger charge is -2.12. The molecule has 0 aliphatic rings. The van der Waals surface area contributed by atoms with Gasteiger partial charge in [0.1, 0.15) is 11.3 Å². The number of benzene rings is 4. The van der Waals surface area contributed by atoms with Crippen molar-refractivity contribution in [2.75, 3.05) is 12.4 Å². The molecule has 5 aromatic rings. The third kappa shape index (κ3) is 3.50. The highest BCUT2D eigenvalue weighted by Crippen LogP contribution is 2.31. The van der Waals surface area contributed by atoms with Gasteiger partial charge in [0.05, 0.1) is 18.1 Å². The molecule has 1 amide bonds. The SMILES string of the molecule is COc1ccc(C(=O)Nc2oc3cc4ccccc4cc3c(=O)c2-c2ccccc2)cc1. The fraction of sp³-hybridized carbons (Fsp3) is 0.0370. The van der Waals surface area contributed by atoms with E-state index in [4.69, 9.17) is 9.15 Å². The minimum absolute atomic E-state index is 0.116. The van der Waals surface area contributed by atoms with Crippen LogP contribution in [0.2, 0.25) is 0 Å². The first-order valence-electron chi connectivity index (χ1n) is 10.1. The Morgan fingerprint density at radius 2 is 1.50 bits per heavy atom. The van der Waals surface area contributed by atoms with Crippen LogP contribution >= 0.6 is 0 Å². The van der Waals surface area contributed by atoms with E-state index in [2.05, 4.69) is 5.32 Å². The third-order valence-corrected chi connectivity index (χ3v) is 5.40. The van der Waals surface area contributed by atoms with Crippen LogP contribution in [0.3, 0.4) is 0 Å². The fourth-order valence-corrected chi connectivity index (χ4v) is 3.75. The van der Waals surface area contributed by atoms with Gasteiger partial charge < -0.3 is 9.15 Å². The zero-order chi connectivity index (χ0) is 22.1. The molecule has 32 heavy (non-hydrogen) atoms. The Hall–Kier alpha value is -4.38. The lowest BCUT2D eigenvalue weighted by atomic mass is 10.0. The van der Waals surface area contributed by atoms with Gasteiger partial charge in [0.25, 0.3) is 5.91 Å². The van der Waals surface area contributed by atoms with E-state index in [1.165, 1.54) is 0 Å². The number of carbonyl (C=O) groups is 1. The quantitative estimate of drug-likeness (QED) is 0.368. The van der Waals surface area contributed by atoms with Gasteiger partial charge in [-0.1, -0.05) is 54.6 Å². The fourth-order valence-electron chi connectivity index (χ4n) is 3.75. The molecule has 1 N–H and O–H groups in total. The molecule has 0 bridgehead atoms. The molecule has 0 saturated heterocycles. The number of amides is 1. The van der Waals surface area contributed by atoms with E-state index in [1.807, 2.05) is 66.7 Å². The maximum Gasteiger partial charge on any atom is 0.257 e. The summed E-state index contributed by atoms with van der Waals surface area (Å²) in [5, 5.41) is 5.15. The van der Waals surface area contributed by atoms with Crippen molar-refractivity contribution < 1.29 is 13.9 Å². The number of fused-ring (bicyclic) bond motifs is 2. The van der Waals surface area contributed by atoms with Crippen LogP contribution in [-0.2, 0) is 0 Å². The van der Waals surface area contributed by atoms with Gasteiger partial charge in [0.2, 0.25) is 11.3 Å². The summed E-state index contributed by atoms with van der Waals surface area (Å²) in [7, 11) is 1.56. The molecule has 4 aromatic carbocycles. The summed E-state index contributed by atoms with van der Waals surface area (Å²) in [6.07, 6.45) is 0. The number of anilines is 1. The maximum absolute atomic E-state index is 13.6. The Morgan fingerprint density at radius 3 is 2.19 bits per heavy atom. The molecule has 1 aromatic heterocycles. The normalized spacial score (nSPS) is 10.9. The van der Waals surface area contributed by atoms with E-state index in [9.17, 15) is 9.59 Å². The van der Waals surface area contributed by atoms with E-state index in [0.717, 1.165) is 10.8 Å². The summed E-state index contributed by atoms with van der Waals surface area (Å²) in [5.74, 6) is 0.383. The molecule has 0 atom stereocenters. The number of nitrogens with one attached hydrogen (secondary N) is 1. The number of carbonyl (C=O) groups excluding carboxylic acids is 1. The monoisotopic (exact) mass is 421 g/mol. The molecule has 0 spiro atoms. The zero-order valence-electron chi connectivity index (χ0n) is 17.3. The molecule has 5 heteroatoms. The van der Waals surface area contributed by atoms with Crippen molar-refractivity contribution in [3.8, 4) is 16.9 Å². The summed E-state index contributed by atoms with van der Waals surface area (Å²) in [5.41, 5.74) is 1.62. The highest BCUT2D eigenvalue weighted by atomic mass is 16.5. The van der Waals surface area contributed by atoms with Crippen molar-refractivity contribution in [3.63, 3.8) is 0 Å². The molecule has 0 aliphatic heterocycles. The summed E-state index contributed by atoms with van der Waals surface area (Å²) >= 11 is 0. The topological polar surface area (TPSA) is 68.5 Å². The maximum atomic E-state index is 13.6. The standard InChI is InChI=1S/C27H19NO4/c1-31-21-13-11-18(12-14-21)26(30)28-27-24(17-7-3-2-4-8-17)25(29)22-15-19-9-5-6-10-20(19)16-23(22)32-27/h2-16H,1H3,(H,28,30). The van der Waals surface area contributed by atoms with Crippen molar-refractivity contribution in [2.24, 2.45) is 0 Å². The Balaban J connectivity index is 1.69. The van der Waals surface area contributed by atoms with Gasteiger partial charge in [-0.05, 0) is 52.7 Å². The average Bonchev–Trinajstić information content (AvgIpc) is 2.84. The number of ether oxygens (including phenoxy) is 1. The van der Waals surface area contributed by atoms with Gasteiger partial charge in [-0.25, -0.2) is 0 Å². The summed E-state index contributed by atoms with van der Waals surface area (Å²) in [4.78, 5) is 26.5. The molecule has 1 heterocycles. The number of hydrogen-bond acceptors (Lipinski definition) is 4. The van der Waals surface area contributed by atoms with Crippen LogP contribution in [0.25, 0.3) is 32.9 Å². The third-order valence-electron chi connectivity index (χ3n) is 5.40. The van der Waals surface area contributed by atoms with Crippen molar-refractivity contribution in [1.29, 1.82) is 0 Å². The van der Waals surface area contributed by atoms with Crippen LogP contribution in [0, 0.1) is 0 Å². The first kappa shape index (κ1) is 19.6. The number of methoxy groups -OCH3 is 1. The summed E-state index contributed by atoms with van der Waals surface area (Å²) in [6, 6.07) is 27.3. The average molecular weight is 421 g/mol. The van der Waals surface area contributed by atoms with Gasteiger partial charge in [-0.15, -0.1) is 0 Å². The lowest BCUT2D eigenvalue weighted by molar-refractivity contribution is 0.102. The number of hydrogen-bond donors (Lipinski definition) is 1. The molecule has 0 unspecified atom stereocenters. The number of rotatable bonds is 4. The van der Waals surface area contributed by atoms with Crippen molar-refractivity contribution in [3.05, 3.63) is 107 Å². The molecule has 0 radical (unpaired) electrons. The Bertz CT molecular complexity index is 1500. The molecule has 0 fully saturated rings. The highest BCUT2D eigenvalue weighted by molar-refractivity contribution is 6.06. The van der Waals surface area contributed by atoms with Gasteiger partial charge in [-0.3, -0.25) is 14.9 Å². The van der Waals surface area contributed by atoms with Gasteiger partial charge in [0.15, 0.2) is 0 Å². The van der Waals surface area contributed by atoms with Gasteiger partial charge in [0, 0.05) is 5.56 Å². The lowest BCUT2D eigenvalue weighted by Crippen LogP contribution is -2.16. The van der Waals surface area contributed by atoms with Crippen LogP contribution in [-0.4, -0.2) is 13.0 Å². The second kappa shape index (κ2) is 8.04. The Labute approximate surface area is 183 Å². The van der Waals surface area contributed by atoms with Crippen molar-refractivity contribution in [1.82, 2.24) is 0 Å². The van der Waals surface area contributed by atoms with Crippen LogP contribution in [0.4, 0.5) is 5.88 Å². The van der Waals surface area contributed by atoms with Crippen molar-refractivity contribution in [2.45, 2.75) is 0 Å². The molecule has 156 valence electrons. The smallest absolute Gasteiger partial charge is 0.257 e. The van der Waals surface area contributed by atoms with E-state index in [1.54, 1.807) is 31.4 Å². The summed E-state index contributed by atoms with van der Waals surface area (Å²) < 4.78 is 11.3. The van der Waals surface area contributed by atoms with Gasteiger partial charge >= 0.3 is 0 Å². The minimum Gasteiger partial charge on any atom is -0.497 e. The molecular weight excluding hydrogens is 402 g/mol. The minimum atomic E-state index is -0.381. The zero-order valence-corrected chi connectivity index (χ0v) is 17.3. The van der Waals surface area contributed by atoms with E-state index >= 15 is 0 Å². The molecular formula is C27H19NO4. The second-order valence-corrected chi connectivity index (χ2v) is 7.38. The second-order valence-electron chi connectivity index (χ2n) is 7.38. The van der Waals surface area contributed by atoms with Crippen LogP contribution in [0.5, 0.6) is 5.75 Å². The van der Waals surface area contributed by atoms with Crippen LogP contribution in [0.1, 0.15) is 10.4 Å². The van der Waals surface area contributed by atoms with E-state index in [-0.39, 0.29) is 17.2 Å². The van der Waals surface area contributed by atoms with E-state index in [0.29, 0.717) is 33.4 Å². The van der Waals surface area contributed by atoms with E-state index < -0.39 is 0 Å². The predicted octanol–water partition coefficient (Wildman–Crippen LogP) is 5.87. The van der Waals surface area contributed by atoms with Crippen molar-refractivity contribution >= 4 is 33.5 Å². The largest absolute Gasteiger partial charge is 0.497 e. The van der Waals surface area contributed by atoms with Crippen LogP contribution in [0.15, 0.2) is 100 Å². The first-order valence-corrected chi connectivity index (χ1v) is 10.1. The Kier molecular flexibility index (Phi) is 4.92. The molecule has 0 saturated carbocycles. The highest BCUT2D eigenvalue weighted by Gasteiger charge is 2.19. The summed E-state index contributed by atoms with van der Waals surface area (Å²) in [6.45, 7) is 0. The predicted molar refractivity (Wildman–Crippen MR) is 126 cm³/mol.